The summed E-state index contributed by atoms with van der Waals surface area (Å²) < 4.78 is 5.61. The van der Waals surface area contributed by atoms with E-state index < -0.39 is 0 Å². The van der Waals surface area contributed by atoms with E-state index in [-0.39, 0.29) is 12.1 Å². The standard InChI is InChI=1S/C25H35N3O2/c1-21(2)13-14-26-25(29)30-20-24-19-27(17-22-9-5-3-6-10-22)15-16-28(24)18-23-11-7-4-8-12-23/h3-12,21,24H,13-20H2,1-2H3,(H,26,29). The summed E-state index contributed by atoms with van der Waals surface area (Å²) in [5.41, 5.74) is 2.61. The molecule has 2 aromatic carbocycles. The molecule has 2 aromatic rings. The largest absolute Gasteiger partial charge is 0.448 e. The van der Waals surface area contributed by atoms with Crippen molar-refractivity contribution in [2.75, 3.05) is 32.8 Å². The molecule has 3 rings (SSSR count). The van der Waals surface area contributed by atoms with Gasteiger partial charge in [-0.2, -0.15) is 0 Å². The first-order chi connectivity index (χ1) is 14.6. The van der Waals surface area contributed by atoms with Crippen molar-refractivity contribution >= 4 is 6.09 Å². The second-order valence-corrected chi connectivity index (χ2v) is 8.54. The summed E-state index contributed by atoms with van der Waals surface area (Å²) in [6.07, 6.45) is 0.652. The van der Waals surface area contributed by atoms with Crippen molar-refractivity contribution in [2.45, 2.75) is 39.4 Å². The summed E-state index contributed by atoms with van der Waals surface area (Å²) in [6, 6.07) is 21.3. The Labute approximate surface area is 181 Å². The average molecular weight is 410 g/mol. The third-order valence-electron chi connectivity index (χ3n) is 5.56. The fraction of sp³-hybridized carbons (Fsp3) is 0.480. The number of hydrogen-bond acceptors (Lipinski definition) is 4. The molecule has 1 amide bonds. The lowest BCUT2D eigenvalue weighted by molar-refractivity contribution is 0.0233. The number of piperazine rings is 1. The molecule has 5 nitrogen and oxygen atoms in total. The van der Waals surface area contributed by atoms with Gasteiger partial charge in [0.25, 0.3) is 0 Å². The molecule has 1 atom stereocenters. The number of benzene rings is 2. The SMILES string of the molecule is CC(C)CCNC(=O)OCC1CN(Cc2ccccc2)CCN1Cc1ccccc1. The molecule has 1 aliphatic rings. The average Bonchev–Trinajstić information content (AvgIpc) is 2.75. The van der Waals surface area contributed by atoms with Crippen LogP contribution in [0.1, 0.15) is 31.4 Å². The van der Waals surface area contributed by atoms with Crippen molar-refractivity contribution in [2.24, 2.45) is 5.92 Å². The van der Waals surface area contributed by atoms with E-state index in [1.807, 2.05) is 6.07 Å². The smallest absolute Gasteiger partial charge is 0.407 e. The lowest BCUT2D eigenvalue weighted by atomic mass is 10.1. The molecule has 0 saturated carbocycles. The first-order valence-electron chi connectivity index (χ1n) is 11.0. The summed E-state index contributed by atoms with van der Waals surface area (Å²) in [5.74, 6) is 0.566. The predicted molar refractivity (Wildman–Crippen MR) is 121 cm³/mol. The van der Waals surface area contributed by atoms with Gasteiger partial charge in [0.15, 0.2) is 0 Å². The number of carbonyl (C=O) groups excluding carboxylic acids is 1. The first-order valence-corrected chi connectivity index (χ1v) is 11.0. The zero-order chi connectivity index (χ0) is 21.2. The zero-order valence-electron chi connectivity index (χ0n) is 18.3. The van der Waals surface area contributed by atoms with Gasteiger partial charge in [0.2, 0.25) is 0 Å². The second kappa shape index (κ2) is 11.7. The van der Waals surface area contributed by atoms with Crippen LogP contribution >= 0.6 is 0 Å². The number of carbonyl (C=O) groups is 1. The van der Waals surface area contributed by atoms with Gasteiger partial charge in [-0.3, -0.25) is 9.80 Å². The van der Waals surface area contributed by atoms with Crippen LogP contribution in [0.2, 0.25) is 0 Å². The van der Waals surface area contributed by atoms with Gasteiger partial charge in [0.05, 0.1) is 6.04 Å². The zero-order valence-corrected chi connectivity index (χ0v) is 18.3. The molecule has 0 bridgehead atoms. The number of amides is 1. The van der Waals surface area contributed by atoms with Crippen LogP contribution in [0.15, 0.2) is 60.7 Å². The summed E-state index contributed by atoms with van der Waals surface area (Å²) >= 11 is 0. The molecule has 1 heterocycles. The number of hydrogen-bond donors (Lipinski definition) is 1. The lowest BCUT2D eigenvalue weighted by Gasteiger charge is -2.41. The monoisotopic (exact) mass is 409 g/mol. The Morgan fingerprint density at radius 1 is 1.00 bits per heavy atom. The van der Waals surface area contributed by atoms with E-state index in [1.165, 1.54) is 11.1 Å². The van der Waals surface area contributed by atoms with Crippen molar-refractivity contribution in [3.8, 4) is 0 Å². The molecule has 1 aliphatic heterocycles. The summed E-state index contributed by atoms with van der Waals surface area (Å²) in [4.78, 5) is 17.0. The summed E-state index contributed by atoms with van der Waals surface area (Å²) in [7, 11) is 0. The third-order valence-corrected chi connectivity index (χ3v) is 5.56. The molecule has 0 aliphatic carbocycles. The highest BCUT2D eigenvalue weighted by molar-refractivity contribution is 5.67. The fourth-order valence-corrected chi connectivity index (χ4v) is 3.81. The number of rotatable bonds is 9. The maximum Gasteiger partial charge on any atom is 0.407 e. The normalized spacial score (nSPS) is 17.8. The molecule has 30 heavy (non-hydrogen) atoms. The van der Waals surface area contributed by atoms with Crippen molar-refractivity contribution in [3.05, 3.63) is 71.8 Å². The quantitative estimate of drug-likeness (QED) is 0.676. The maximum atomic E-state index is 12.1. The van der Waals surface area contributed by atoms with Gasteiger partial charge in [0.1, 0.15) is 6.61 Å². The molecule has 1 saturated heterocycles. The lowest BCUT2D eigenvalue weighted by Crippen LogP contribution is -2.54. The topological polar surface area (TPSA) is 44.8 Å². The highest BCUT2D eigenvalue weighted by Gasteiger charge is 2.28. The maximum absolute atomic E-state index is 12.1. The highest BCUT2D eigenvalue weighted by atomic mass is 16.5. The van der Waals surface area contributed by atoms with Crippen LogP contribution < -0.4 is 5.32 Å². The minimum Gasteiger partial charge on any atom is -0.448 e. The molecule has 0 radical (unpaired) electrons. The predicted octanol–water partition coefficient (Wildman–Crippen LogP) is 4.15. The molecule has 0 aromatic heterocycles. The van der Waals surface area contributed by atoms with E-state index in [9.17, 15) is 4.79 Å². The Morgan fingerprint density at radius 3 is 2.27 bits per heavy atom. The highest BCUT2D eigenvalue weighted by Crippen LogP contribution is 2.17. The van der Waals surface area contributed by atoms with Crippen LogP contribution in [0, 0.1) is 5.92 Å². The van der Waals surface area contributed by atoms with Crippen molar-refractivity contribution < 1.29 is 9.53 Å². The van der Waals surface area contributed by atoms with Crippen LogP contribution in [0.25, 0.3) is 0 Å². The molecule has 5 heteroatoms. The summed E-state index contributed by atoms with van der Waals surface area (Å²) in [5, 5.41) is 2.88. The van der Waals surface area contributed by atoms with Crippen molar-refractivity contribution in [1.29, 1.82) is 0 Å². The fourth-order valence-electron chi connectivity index (χ4n) is 3.81. The van der Waals surface area contributed by atoms with Crippen LogP contribution in [-0.2, 0) is 17.8 Å². The second-order valence-electron chi connectivity index (χ2n) is 8.54. The summed E-state index contributed by atoms with van der Waals surface area (Å²) in [6.45, 7) is 10.0. The molecule has 0 spiro atoms. The van der Waals surface area contributed by atoms with Crippen molar-refractivity contribution in [3.63, 3.8) is 0 Å². The number of alkyl carbamates (subject to hydrolysis) is 1. The van der Waals surface area contributed by atoms with Crippen molar-refractivity contribution in [1.82, 2.24) is 15.1 Å². The molecular formula is C25H35N3O2. The minimum absolute atomic E-state index is 0.179. The van der Waals surface area contributed by atoms with E-state index in [4.69, 9.17) is 4.74 Å². The van der Waals surface area contributed by atoms with Crippen LogP contribution in [0.3, 0.4) is 0 Å². The number of nitrogens with one attached hydrogen (secondary N) is 1. The van der Waals surface area contributed by atoms with Gasteiger partial charge in [-0.1, -0.05) is 74.5 Å². The Bertz CT molecular complexity index is 752. The Hall–Kier alpha value is -2.37. The van der Waals surface area contributed by atoms with Gasteiger partial charge in [-0.25, -0.2) is 4.79 Å². The van der Waals surface area contributed by atoms with Crippen LogP contribution in [0.5, 0.6) is 0 Å². The molecule has 1 unspecified atom stereocenters. The molecular weight excluding hydrogens is 374 g/mol. The van der Waals surface area contributed by atoms with Crippen LogP contribution in [0.4, 0.5) is 4.79 Å². The Morgan fingerprint density at radius 2 is 1.63 bits per heavy atom. The number of ether oxygens (including phenoxy) is 1. The Kier molecular flexibility index (Phi) is 8.72. The Balaban J connectivity index is 1.57. The van der Waals surface area contributed by atoms with Gasteiger partial charge in [-0.05, 0) is 23.5 Å². The van der Waals surface area contributed by atoms with E-state index in [1.54, 1.807) is 0 Å². The van der Waals surface area contributed by atoms with E-state index in [0.717, 1.165) is 39.1 Å². The minimum atomic E-state index is -0.310. The number of nitrogens with zero attached hydrogens (tertiary/aromatic N) is 2. The molecule has 162 valence electrons. The van der Waals surface area contributed by atoms with Gasteiger partial charge < -0.3 is 10.1 Å². The van der Waals surface area contributed by atoms with Crippen LogP contribution in [-0.4, -0.2) is 54.7 Å². The first kappa shape index (κ1) is 22.3. The van der Waals surface area contributed by atoms with Gasteiger partial charge >= 0.3 is 6.09 Å². The van der Waals surface area contributed by atoms with E-state index in [2.05, 4.69) is 83.6 Å². The van der Waals surface area contributed by atoms with Gasteiger partial charge in [-0.15, -0.1) is 0 Å². The third kappa shape index (κ3) is 7.47. The van der Waals surface area contributed by atoms with Gasteiger partial charge in [0, 0.05) is 39.3 Å². The van der Waals surface area contributed by atoms with E-state index >= 15 is 0 Å². The molecule has 1 fully saturated rings. The van der Waals surface area contributed by atoms with E-state index in [0.29, 0.717) is 19.1 Å². The molecule has 1 N–H and O–H groups in total.